The Morgan fingerprint density at radius 2 is 1.83 bits per heavy atom. The van der Waals surface area contributed by atoms with Crippen molar-refractivity contribution >= 4 is 27.9 Å². The van der Waals surface area contributed by atoms with Crippen LogP contribution < -0.4 is 11.0 Å². The predicted molar refractivity (Wildman–Crippen MR) is 111 cm³/mol. The number of benzene rings is 3. The maximum absolute atomic E-state index is 13.4. The van der Waals surface area contributed by atoms with Crippen LogP contribution in [-0.4, -0.2) is 15.9 Å². The van der Waals surface area contributed by atoms with Gasteiger partial charge in [-0.2, -0.15) is 0 Å². The summed E-state index contributed by atoms with van der Waals surface area (Å²) in [6.45, 7) is 0. The molecule has 0 spiro atoms. The van der Waals surface area contributed by atoms with Gasteiger partial charge in [-0.1, -0.05) is 36.4 Å². The monoisotopic (exact) mass is 398 g/mol. The maximum atomic E-state index is 13.4. The van der Waals surface area contributed by atoms with Crippen molar-refractivity contribution in [2.75, 3.05) is 0 Å². The largest absolute Gasteiger partial charge is 0.436 e. The molecule has 0 aliphatic rings. The molecule has 0 saturated carbocycles. The Kier molecular flexibility index (Phi) is 4.33. The van der Waals surface area contributed by atoms with Crippen LogP contribution in [0.1, 0.15) is 10.4 Å². The van der Waals surface area contributed by atoms with Crippen molar-refractivity contribution in [2.24, 2.45) is 5.10 Å². The third-order valence-electron chi connectivity index (χ3n) is 4.65. The van der Waals surface area contributed by atoms with Gasteiger partial charge < -0.3 is 9.40 Å². The molecule has 7 heteroatoms. The van der Waals surface area contributed by atoms with Crippen molar-refractivity contribution in [3.8, 4) is 11.4 Å². The van der Waals surface area contributed by atoms with E-state index in [1.807, 2.05) is 54.6 Å². The molecule has 146 valence electrons. The molecule has 5 aromatic rings. The molecule has 1 amide bonds. The topological polar surface area (TPSA) is 83.3 Å². The van der Waals surface area contributed by atoms with Gasteiger partial charge in [-0.3, -0.25) is 4.79 Å². The number of aromatic amines is 1. The number of imidazole rings is 1. The van der Waals surface area contributed by atoms with Crippen molar-refractivity contribution < 1.29 is 13.6 Å². The van der Waals surface area contributed by atoms with Gasteiger partial charge in [-0.15, -0.1) is 5.10 Å². The number of nitrogens with one attached hydrogen (secondary N) is 2. The Morgan fingerprint density at radius 3 is 2.70 bits per heavy atom. The summed E-state index contributed by atoms with van der Waals surface area (Å²) in [4.78, 5) is 20.2. The first-order valence-corrected chi connectivity index (χ1v) is 9.25. The minimum absolute atomic E-state index is 0.157. The molecule has 0 atom stereocenters. The molecule has 0 aliphatic heterocycles. The third kappa shape index (κ3) is 3.33. The van der Waals surface area contributed by atoms with Gasteiger partial charge in [0.25, 0.3) is 5.91 Å². The number of hydrogen-bond acceptors (Lipinski definition) is 4. The summed E-state index contributed by atoms with van der Waals surface area (Å²) in [5.74, 6) is -0.487. The van der Waals surface area contributed by atoms with Crippen LogP contribution in [0, 0.1) is 5.82 Å². The lowest BCUT2D eigenvalue weighted by Crippen LogP contribution is -2.22. The number of fused-ring (bicyclic) bond motifs is 2. The summed E-state index contributed by atoms with van der Waals surface area (Å²) in [7, 11) is 0. The zero-order valence-electron chi connectivity index (χ0n) is 15.6. The number of carbonyl (C=O) groups excluding carboxylic acids is 1. The molecule has 0 bridgehead atoms. The summed E-state index contributed by atoms with van der Waals surface area (Å²) in [6.07, 6.45) is 0. The van der Waals surface area contributed by atoms with Gasteiger partial charge in [-0.05, 0) is 42.5 Å². The highest BCUT2D eigenvalue weighted by atomic mass is 19.1. The highest BCUT2D eigenvalue weighted by Gasteiger charge is 2.12. The maximum Gasteiger partial charge on any atom is 0.271 e. The number of carbonyl (C=O) groups is 1. The van der Waals surface area contributed by atoms with Crippen molar-refractivity contribution in [1.29, 1.82) is 0 Å². The van der Waals surface area contributed by atoms with Crippen LogP contribution in [-0.2, 0) is 0 Å². The standard InChI is InChI=1S/C23H15FN4O2/c24-16-8-5-7-15(12-16)22(29)27-28-23-17(13-14-6-1-4-11-20(14)30-23)21-25-18-9-2-3-10-19(18)26-21/h1-13H,(H,25,26)(H,27,29)/b28-23-. The Hall–Kier alpha value is -4.26. The van der Waals surface area contributed by atoms with Crippen LogP contribution >= 0.6 is 0 Å². The van der Waals surface area contributed by atoms with Crippen LogP contribution in [0.4, 0.5) is 4.39 Å². The Morgan fingerprint density at radius 1 is 1.00 bits per heavy atom. The Labute approximate surface area is 169 Å². The van der Waals surface area contributed by atoms with Crippen molar-refractivity contribution in [1.82, 2.24) is 15.4 Å². The van der Waals surface area contributed by atoms with Crippen molar-refractivity contribution in [2.45, 2.75) is 0 Å². The first-order valence-electron chi connectivity index (χ1n) is 9.25. The fourth-order valence-electron chi connectivity index (χ4n) is 3.20. The zero-order valence-corrected chi connectivity index (χ0v) is 15.6. The minimum atomic E-state index is -0.548. The molecular weight excluding hydrogens is 383 g/mol. The number of nitrogens with zero attached hydrogens (tertiary/aromatic N) is 2. The second kappa shape index (κ2) is 7.29. The molecule has 2 aromatic heterocycles. The van der Waals surface area contributed by atoms with Gasteiger partial charge in [0.1, 0.15) is 17.2 Å². The number of halogens is 1. The van der Waals surface area contributed by atoms with E-state index in [1.54, 1.807) is 0 Å². The minimum Gasteiger partial charge on any atom is -0.436 e. The fraction of sp³-hybridized carbons (Fsp3) is 0. The molecule has 0 aliphatic carbocycles. The molecule has 5 rings (SSSR count). The average Bonchev–Trinajstić information content (AvgIpc) is 3.21. The first-order chi connectivity index (χ1) is 14.7. The third-order valence-corrected chi connectivity index (χ3v) is 4.65. The normalized spacial score (nSPS) is 11.8. The van der Waals surface area contributed by atoms with Gasteiger partial charge >= 0.3 is 0 Å². The molecule has 0 saturated heterocycles. The second-order valence-electron chi connectivity index (χ2n) is 6.67. The van der Waals surface area contributed by atoms with E-state index in [9.17, 15) is 9.18 Å². The second-order valence-corrected chi connectivity index (χ2v) is 6.67. The molecule has 6 nitrogen and oxygen atoms in total. The SMILES string of the molecule is O=C(N/N=c1\oc2ccccc2cc1-c1nc2ccccc2[nH]1)c1cccc(F)c1. The molecule has 3 aromatic carbocycles. The van der Waals surface area contributed by atoms with Crippen molar-refractivity contribution in [3.05, 3.63) is 95.8 Å². The van der Waals surface area contributed by atoms with E-state index in [-0.39, 0.29) is 11.1 Å². The van der Waals surface area contributed by atoms with Gasteiger partial charge in [0, 0.05) is 10.9 Å². The van der Waals surface area contributed by atoms with Crippen LogP contribution in [0.15, 0.2) is 88.4 Å². The smallest absolute Gasteiger partial charge is 0.271 e. The quantitative estimate of drug-likeness (QED) is 0.443. The zero-order chi connectivity index (χ0) is 20.5. The van der Waals surface area contributed by atoms with E-state index in [2.05, 4.69) is 20.5 Å². The number of H-pyrrole nitrogens is 1. The molecule has 2 heterocycles. The van der Waals surface area contributed by atoms with Crippen LogP contribution in [0.2, 0.25) is 0 Å². The van der Waals surface area contributed by atoms with Crippen LogP contribution in [0.25, 0.3) is 33.4 Å². The summed E-state index contributed by atoms with van der Waals surface area (Å²) in [5, 5.41) is 5.02. The Balaban J connectivity index is 1.63. The number of amides is 1. The van der Waals surface area contributed by atoms with E-state index >= 15 is 0 Å². The summed E-state index contributed by atoms with van der Waals surface area (Å²) in [5.41, 5.74) is 5.64. The Bertz CT molecular complexity index is 1440. The molecule has 2 N–H and O–H groups in total. The first kappa shape index (κ1) is 17.8. The fourth-order valence-corrected chi connectivity index (χ4v) is 3.20. The number of para-hydroxylation sites is 3. The van der Waals surface area contributed by atoms with Gasteiger partial charge in [0.2, 0.25) is 5.55 Å². The van der Waals surface area contributed by atoms with Crippen LogP contribution in [0.3, 0.4) is 0 Å². The highest BCUT2D eigenvalue weighted by Crippen LogP contribution is 2.21. The molecule has 0 unspecified atom stereocenters. The number of hydrogen-bond donors (Lipinski definition) is 2. The van der Waals surface area contributed by atoms with E-state index in [0.717, 1.165) is 22.5 Å². The van der Waals surface area contributed by atoms with E-state index in [4.69, 9.17) is 4.42 Å². The van der Waals surface area contributed by atoms with Crippen molar-refractivity contribution in [3.63, 3.8) is 0 Å². The summed E-state index contributed by atoms with van der Waals surface area (Å²) < 4.78 is 19.3. The van der Waals surface area contributed by atoms with Crippen LogP contribution in [0.5, 0.6) is 0 Å². The lowest BCUT2D eigenvalue weighted by atomic mass is 10.2. The van der Waals surface area contributed by atoms with E-state index in [0.29, 0.717) is 17.0 Å². The van der Waals surface area contributed by atoms with E-state index < -0.39 is 11.7 Å². The number of aromatic nitrogens is 2. The van der Waals surface area contributed by atoms with Gasteiger partial charge in [0.15, 0.2) is 0 Å². The van der Waals surface area contributed by atoms with Gasteiger partial charge in [0.05, 0.1) is 16.6 Å². The lowest BCUT2D eigenvalue weighted by Gasteiger charge is -2.03. The molecule has 0 radical (unpaired) electrons. The number of rotatable bonds is 3. The lowest BCUT2D eigenvalue weighted by molar-refractivity contribution is 0.0951. The highest BCUT2D eigenvalue weighted by molar-refractivity contribution is 5.94. The average molecular weight is 398 g/mol. The predicted octanol–water partition coefficient (Wildman–Crippen LogP) is 4.36. The van der Waals surface area contributed by atoms with Gasteiger partial charge in [-0.25, -0.2) is 14.8 Å². The summed E-state index contributed by atoms with van der Waals surface area (Å²) in [6, 6.07) is 22.4. The molecular formula is C23H15FN4O2. The molecule has 0 fully saturated rings. The summed E-state index contributed by atoms with van der Waals surface area (Å²) >= 11 is 0. The van der Waals surface area contributed by atoms with E-state index in [1.165, 1.54) is 18.2 Å². The molecule has 30 heavy (non-hydrogen) atoms.